The van der Waals surface area contributed by atoms with Crippen molar-refractivity contribution in [1.29, 1.82) is 0 Å². The normalized spacial score (nSPS) is 19.9. The molecule has 1 aliphatic rings. The minimum absolute atomic E-state index is 0.0585. The zero-order valence-corrected chi connectivity index (χ0v) is 8.95. The summed E-state index contributed by atoms with van der Waals surface area (Å²) >= 11 is 0. The standard InChI is InChI=1S/C10H17NO4/c1-14-10(13)4-5-11-9(12)7-8-3-2-6-15-8/h8H,2-7H2,1H3,(H,11,12). The van der Waals surface area contributed by atoms with Crippen LogP contribution < -0.4 is 5.32 Å². The van der Waals surface area contributed by atoms with Gasteiger partial charge in [0.15, 0.2) is 0 Å². The minimum atomic E-state index is -0.313. The van der Waals surface area contributed by atoms with Gasteiger partial charge in [-0.3, -0.25) is 9.59 Å². The minimum Gasteiger partial charge on any atom is -0.469 e. The summed E-state index contributed by atoms with van der Waals surface area (Å²) in [6.07, 6.45) is 2.64. The third-order valence-electron chi connectivity index (χ3n) is 2.32. The topological polar surface area (TPSA) is 64.6 Å². The Morgan fingerprint density at radius 2 is 2.33 bits per heavy atom. The van der Waals surface area contributed by atoms with Gasteiger partial charge in [0.25, 0.3) is 0 Å². The Morgan fingerprint density at radius 1 is 1.53 bits per heavy atom. The number of esters is 1. The van der Waals surface area contributed by atoms with E-state index < -0.39 is 0 Å². The molecule has 5 nitrogen and oxygen atoms in total. The highest BCUT2D eigenvalue weighted by Gasteiger charge is 2.18. The van der Waals surface area contributed by atoms with Gasteiger partial charge in [-0.25, -0.2) is 0 Å². The van der Waals surface area contributed by atoms with E-state index in [2.05, 4.69) is 10.1 Å². The number of methoxy groups -OCH3 is 1. The number of carbonyl (C=O) groups excluding carboxylic acids is 2. The van der Waals surface area contributed by atoms with Crippen molar-refractivity contribution in [1.82, 2.24) is 5.32 Å². The van der Waals surface area contributed by atoms with Crippen LogP contribution in [0.5, 0.6) is 0 Å². The maximum absolute atomic E-state index is 11.3. The number of hydrogen-bond donors (Lipinski definition) is 1. The smallest absolute Gasteiger partial charge is 0.307 e. The Labute approximate surface area is 89.1 Å². The second-order valence-corrected chi connectivity index (χ2v) is 3.52. The molecule has 1 rings (SSSR count). The molecule has 0 bridgehead atoms. The van der Waals surface area contributed by atoms with Crippen LogP contribution in [0.25, 0.3) is 0 Å². The number of amides is 1. The number of rotatable bonds is 5. The van der Waals surface area contributed by atoms with Crippen molar-refractivity contribution in [3.8, 4) is 0 Å². The van der Waals surface area contributed by atoms with E-state index >= 15 is 0 Å². The second kappa shape index (κ2) is 6.40. The lowest BCUT2D eigenvalue weighted by Gasteiger charge is -2.09. The van der Waals surface area contributed by atoms with Crippen molar-refractivity contribution in [2.24, 2.45) is 0 Å². The molecule has 0 aliphatic carbocycles. The van der Waals surface area contributed by atoms with Crippen molar-refractivity contribution < 1.29 is 19.1 Å². The molecule has 0 aromatic heterocycles. The van der Waals surface area contributed by atoms with Crippen LogP contribution in [-0.4, -0.2) is 38.2 Å². The quantitative estimate of drug-likeness (QED) is 0.667. The first-order valence-electron chi connectivity index (χ1n) is 5.17. The van der Waals surface area contributed by atoms with Gasteiger partial charge in [-0.2, -0.15) is 0 Å². The monoisotopic (exact) mass is 215 g/mol. The number of hydrogen-bond acceptors (Lipinski definition) is 4. The summed E-state index contributed by atoms with van der Waals surface area (Å²) in [6, 6.07) is 0. The largest absolute Gasteiger partial charge is 0.469 e. The predicted octanol–water partition coefficient (Wildman–Crippen LogP) is 0.235. The predicted molar refractivity (Wildman–Crippen MR) is 53.2 cm³/mol. The van der Waals surface area contributed by atoms with Crippen molar-refractivity contribution in [2.45, 2.75) is 31.8 Å². The molecule has 1 saturated heterocycles. The van der Waals surface area contributed by atoms with Gasteiger partial charge in [-0.05, 0) is 12.8 Å². The molecule has 1 atom stereocenters. The van der Waals surface area contributed by atoms with Crippen LogP contribution >= 0.6 is 0 Å². The highest BCUT2D eigenvalue weighted by molar-refractivity contribution is 5.77. The van der Waals surface area contributed by atoms with Gasteiger partial charge >= 0.3 is 5.97 Å². The molecule has 1 heterocycles. The Balaban J connectivity index is 2.05. The lowest BCUT2D eigenvalue weighted by molar-refractivity contribution is -0.140. The van der Waals surface area contributed by atoms with E-state index in [4.69, 9.17) is 4.74 Å². The first-order valence-corrected chi connectivity index (χ1v) is 5.17. The van der Waals surface area contributed by atoms with E-state index in [1.54, 1.807) is 0 Å². The van der Waals surface area contributed by atoms with Crippen LogP contribution in [0.15, 0.2) is 0 Å². The fourth-order valence-electron chi connectivity index (χ4n) is 1.49. The maximum atomic E-state index is 11.3. The molecule has 1 N–H and O–H groups in total. The van der Waals surface area contributed by atoms with Gasteiger partial charge in [-0.1, -0.05) is 0 Å². The molecular formula is C10H17NO4. The number of carbonyl (C=O) groups is 2. The molecule has 5 heteroatoms. The van der Waals surface area contributed by atoms with Gasteiger partial charge in [0, 0.05) is 13.2 Å². The van der Waals surface area contributed by atoms with E-state index in [9.17, 15) is 9.59 Å². The van der Waals surface area contributed by atoms with Gasteiger partial charge in [0.05, 0.1) is 26.1 Å². The third kappa shape index (κ3) is 4.78. The average Bonchev–Trinajstić information content (AvgIpc) is 2.70. The Hall–Kier alpha value is -1.10. The fourth-order valence-corrected chi connectivity index (χ4v) is 1.49. The van der Waals surface area contributed by atoms with Crippen molar-refractivity contribution >= 4 is 11.9 Å². The van der Waals surface area contributed by atoms with E-state index in [0.29, 0.717) is 13.0 Å². The summed E-state index contributed by atoms with van der Waals surface area (Å²) in [5, 5.41) is 2.66. The first kappa shape index (κ1) is 12.0. The van der Waals surface area contributed by atoms with E-state index in [1.807, 2.05) is 0 Å². The molecular weight excluding hydrogens is 198 g/mol. The summed E-state index contributed by atoms with van der Waals surface area (Å²) in [5.74, 6) is -0.377. The Kier molecular flexibility index (Phi) is 5.10. The SMILES string of the molecule is COC(=O)CCNC(=O)CC1CCCO1. The van der Waals surface area contributed by atoms with Gasteiger partial charge in [0.1, 0.15) is 0 Å². The highest BCUT2D eigenvalue weighted by atomic mass is 16.5. The molecule has 1 unspecified atom stereocenters. The summed E-state index contributed by atoms with van der Waals surface area (Å²) in [6.45, 7) is 1.08. The summed E-state index contributed by atoms with van der Waals surface area (Å²) in [5.41, 5.74) is 0. The van der Waals surface area contributed by atoms with E-state index in [-0.39, 0.29) is 24.4 Å². The average molecular weight is 215 g/mol. The lowest BCUT2D eigenvalue weighted by Crippen LogP contribution is -2.29. The van der Waals surface area contributed by atoms with Crippen molar-refractivity contribution in [3.05, 3.63) is 0 Å². The Morgan fingerprint density at radius 3 is 2.93 bits per heavy atom. The van der Waals surface area contributed by atoms with Crippen LogP contribution in [0.1, 0.15) is 25.7 Å². The molecule has 0 aromatic rings. The van der Waals surface area contributed by atoms with Crippen LogP contribution in [0.4, 0.5) is 0 Å². The second-order valence-electron chi connectivity index (χ2n) is 3.52. The number of ether oxygens (including phenoxy) is 2. The van der Waals surface area contributed by atoms with Crippen LogP contribution in [0, 0.1) is 0 Å². The zero-order chi connectivity index (χ0) is 11.1. The van der Waals surface area contributed by atoms with Crippen LogP contribution in [0.2, 0.25) is 0 Å². The van der Waals surface area contributed by atoms with Crippen LogP contribution in [-0.2, 0) is 19.1 Å². The molecule has 15 heavy (non-hydrogen) atoms. The third-order valence-corrected chi connectivity index (χ3v) is 2.32. The molecule has 0 aromatic carbocycles. The molecule has 1 amide bonds. The zero-order valence-electron chi connectivity index (χ0n) is 8.95. The summed E-state index contributed by atoms with van der Waals surface area (Å²) < 4.78 is 9.77. The number of nitrogens with one attached hydrogen (secondary N) is 1. The van der Waals surface area contributed by atoms with Crippen molar-refractivity contribution in [3.63, 3.8) is 0 Å². The van der Waals surface area contributed by atoms with Gasteiger partial charge in [0.2, 0.25) is 5.91 Å². The molecule has 0 spiro atoms. The first-order chi connectivity index (χ1) is 7.22. The summed E-state index contributed by atoms with van der Waals surface area (Å²) in [4.78, 5) is 22.1. The molecule has 0 saturated carbocycles. The van der Waals surface area contributed by atoms with Crippen LogP contribution in [0.3, 0.4) is 0 Å². The van der Waals surface area contributed by atoms with Gasteiger partial charge in [-0.15, -0.1) is 0 Å². The molecule has 1 fully saturated rings. The van der Waals surface area contributed by atoms with Crippen molar-refractivity contribution in [2.75, 3.05) is 20.3 Å². The Bertz CT molecular complexity index is 223. The maximum Gasteiger partial charge on any atom is 0.307 e. The van der Waals surface area contributed by atoms with E-state index in [0.717, 1.165) is 19.4 Å². The summed E-state index contributed by atoms with van der Waals surface area (Å²) in [7, 11) is 1.33. The molecule has 0 radical (unpaired) electrons. The molecule has 1 aliphatic heterocycles. The molecule has 86 valence electrons. The van der Waals surface area contributed by atoms with Gasteiger partial charge < -0.3 is 14.8 Å². The lowest BCUT2D eigenvalue weighted by atomic mass is 10.2. The highest BCUT2D eigenvalue weighted by Crippen LogP contribution is 2.14. The van der Waals surface area contributed by atoms with E-state index in [1.165, 1.54) is 7.11 Å². The fraction of sp³-hybridized carbons (Fsp3) is 0.800.